The fourth-order valence-electron chi connectivity index (χ4n) is 2.14. The van der Waals surface area contributed by atoms with E-state index in [0.717, 1.165) is 0 Å². The number of rotatable bonds is 4. The smallest absolute Gasteiger partial charge is 0.307 e. The summed E-state index contributed by atoms with van der Waals surface area (Å²) in [6.45, 7) is 2.28. The van der Waals surface area contributed by atoms with E-state index in [2.05, 4.69) is 0 Å². The van der Waals surface area contributed by atoms with Gasteiger partial charge in [-0.3, -0.25) is 4.79 Å². The van der Waals surface area contributed by atoms with Crippen LogP contribution in [0.25, 0.3) is 0 Å². The molecule has 2 N–H and O–H groups in total. The third-order valence-electron chi connectivity index (χ3n) is 2.96. The zero-order chi connectivity index (χ0) is 10.4. The largest absolute Gasteiger partial charge is 0.466 e. The molecule has 0 heterocycles. The van der Waals surface area contributed by atoms with E-state index in [9.17, 15) is 4.79 Å². The molecule has 0 aromatic carbocycles. The van der Waals surface area contributed by atoms with Crippen LogP contribution in [0.4, 0.5) is 0 Å². The van der Waals surface area contributed by atoms with E-state index in [1.807, 2.05) is 6.92 Å². The van der Waals surface area contributed by atoms with Crippen molar-refractivity contribution < 1.29 is 9.53 Å². The Balaban J connectivity index is 2.25. The van der Waals surface area contributed by atoms with Gasteiger partial charge < -0.3 is 10.5 Å². The average Bonchev–Trinajstić information content (AvgIpc) is 2.19. The minimum absolute atomic E-state index is 0.00866. The Bertz CT molecular complexity index is 176. The molecule has 82 valence electrons. The molecule has 0 radical (unpaired) electrons. The molecule has 3 nitrogen and oxygen atoms in total. The summed E-state index contributed by atoms with van der Waals surface area (Å²) < 4.78 is 4.88. The number of carbonyl (C=O) groups excluding carboxylic acids is 1. The molecule has 1 aliphatic rings. The lowest BCUT2D eigenvalue weighted by molar-refractivity contribution is -0.143. The van der Waals surface area contributed by atoms with Gasteiger partial charge in [-0.05, 0) is 25.7 Å². The summed E-state index contributed by atoms with van der Waals surface area (Å²) in [7, 11) is 0. The quantitative estimate of drug-likeness (QED) is 0.703. The molecular formula is C11H21NO2. The van der Waals surface area contributed by atoms with Gasteiger partial charge in [0, 0.05) is 6.04 Å². The van der Waals surface area contributed by atoms with Crippen LogP contribution in [-0.4, -0.2) is 18.6 Å². The summed E-state index contributed by atoms with van der Waals surface area (Å²) in [5.41, 5.74) is 5.98. The third kappa shape index (κ3) is 3.66. The predicted molar refractivity (Wildman–Crippen MR) is 55.8 cm³/mol. The highest BCUT2D eigenvalue weighted by Gasteiger charge is 2.22. The molecule has 0 unspecified atom stereocenters. The van der Waals surface area contributed by atoms with Crippen LogP contribution >= 0.6 is 0 Å². The molecule has 1 aliphatic carbocycles. The lowest BCUT2D eigenvalue weighted by Gasteiger charge is -2.26. The highest BCUT2D eigenvalue weighted by Crippen LogP contribution is 2.26. The number of ether oxygens (including phenoxy) is 1. The van der Waals surface area contributed by atoms with E-state index in [0.29, 0.717) is 18.9 Å². The Labute approximate surface area is 86.0 Å². The first-order valence-corrected chi connectivity index (χ1v) is 5.65. The van der Waals surface area contributed by atoms with Gasteiger partial charge in [-0.15, -0.1) is 0 Å². The molecule has 3 heteroatoms. The van der Waals surface area contributed by atoms with Crippen LogP contribution in [-0.2, 0) is 9.53 Å². The van der Waals surface area contributed by atoms with E-state index in [1.165, 1.54) is 32.1 Å². The predicted octanol–water partition coefficient (Wildman–Crippen LogP) is 1.85. The second-order valence-corrected chi connectivity index (χ2v) is 4.07. The van der Waals surface area contributed by atoms with Crippen LogP contribution in [0.15, 0.2) is 0 Å². The van der Waals surface area contributed by atoms with Gasteiger partial charge >= 0.3 is 5.97 Å². The number of carbonyl (C=O) groups is 1. The Morgan fingerprint density at radius 3 is 2.64 bits per heavy atom. The van der Waals surface area contributed by atoms with E-state index in [4.69, 9.17) is 10.5 Å². The molecular weight excluding hydrogens is 178 g/mol. The molecule has 0 aliphatic heterocycles. The summed E-state index contributed by atoms with van der Waals surface area (Å²) in [6, 6.07) is 0.00866. The Kier molecular flexibility index (Phi) is 4.94. The molecule has 0 aromatic rings. The van der Waals surface area contributed by atoms with Crippen LogP contribution < -0.4 is 5.73 Å². The fraction of sp³-hybridized carbons (Fsp3) is 0.909. The second kappa shape index (κ2) is 6.02. The van der Waals surface area contributed by atoms with Crippen LogP contribution in [0.1, 0.15) is 45.4 Å². The highest BCUT2D eigenvalue weighted by molar-refractivity contribution is 5.70. The molecule has 0 aromatic heterocycles. The number of hydrogen-bond donors (Lipinski definition) is 1. The lowest BCUT2D eigenvalue weighted by Crippen LogP contribution is -2.34. The Morgan fingerprint density at radius 1 is 1.43 bits per heavy atom. The van der Waals surface area contributed by atoms with Crippen molar-refractivity contribution in [3.8, 4) is 0 Å². The van der Waals surface area contributed by atoms with E-state index >= 15 is 0 Å². The third-order valence-corrected chi connectivity index (χ3v) is 2.96. The standard InChI is InChI=1S/C11H21NO2/c1-2-14-11(13)8-10(12)9-6-4-3-5-7-9/h9-10H,2-8,12H2,1H3/t10-/m1/s1. The first-order chi connectivity index (χ1) is 6.74. The normalized spacial score (nSPS) is 20.4. The Morgan fingerprint density at radius 2 is 2.07 bits per heavy atom. The molecule has 0 amide bonds. The minimum atomic E-state index is -0.148. The van der Waals surface area contributed by atoms with Crippen LogP contribution in [0.2, 0.25) is 0 Å². The number of esters is 1. The first kappa shape index (κ1) is 11.5. The summed E-state index contributed by atoms with van der Waals surface area (Å²) >= 11 is 0. The molecule has 0 spiro atoms. The molecule has 1 rings (SSSR count). The van der Waals surface area contributed by atoms with E-state index in [1.54, 1.807) is 0 Å². The molecule has 0 bridgehead atoms. The van der Waals surface area contributed by atoms with E-state index < -0.39 is 0 Å². The molecule has 14 heavy (non-hydrogen) atoms. The molecule has 1 atom stereocenters. The second-order valence-electron chi connectivity index (χ2n) is 4.07. The average molecular weight is 199 g/mol. The van der Waals surface area contributed by atoms with Gasteiger partial charge in [0.15, 0.2) is 0 Å². The van der Waals surface area contributed by atoms with Gasteiger partial charge in [-0.25, -0.2) is 0 Å². The first-order valence-electron chi connectivity index (χ1n) is 5.65. The van der Waals surface area contributed by atoms with Crippen molar-refractivity contribution in [2.45, 2.75) is 51.5 Å². The van der Waals surface area contributed by atoms with Crippen LogP contribution in [0.3, 0.4) is 0 Å². The molecule has 1 saturated carbocycles. The topological polar surface area (TPSA) is 52.3 Å². The van der Waals surface area contributed by atoms with Gasteiger partial charge in [0.05, 0.1) is 13.0 Å². The molecule has 0 saturated heterocycles. The van der Waals surface area contributed by atoms with Crippen LogP contribution in [0.5, 0.6) is 0 Å². The summed E-state index contributed by atoms with van der Waals surface area (Å²) in [6.07, 6.45) is 6.60. The maximum Gasteiger partial charge on any atom is 0.307 e. The van der Waals surface area contributed by atoms with Gasteiger partial charge in [-0.1, -0.05) is 19.3 Å². The van der Waals surface area contributed by atoms with Crippen molar-refractivity contribution in [3.63, 3.8) is 0 Å². The lowest BCUT2D eigenvalue weighted by atomic mass is 9.83. The van der Waals surface area contributed by atoms with Gasteiger partial charge in [0.1, 0.15) is 0 Å². The maximum atomic E-state index is 11.2. The zero-order valence-corrected chi connectivity index (χ0v) is 9.00. The zero-order valence-electron chi connectivity index (χ0n) is 9.00. The van der Waals surface area contributed by atoms with Crippen molar-refractivity contribution in [1.29, 1.82) is 0 Å². The minimum Gasteiger partial charge on any atom is -0.466 e. The summed E-state index contributed by atoms with van der Waals surface area (Å²) in [5.74, 6) is 0.388. The van der Waals surface area contributed by atoms with Crippen molar-refractivity contribution in [3.05, 3.63) is 0 Å². The van der Waals surface area contributed by atoms with Crippen molar-refractivity contribution in [1.82, 2.24) is 0 Å². The summed E-state index contributed by atoms with van der Waals surface area (Å²) in [4.78, 5) is 11.2. The SMILES string of the molecule is CCOC(=O)C[C@@H](N)C1CCCCC1. The number of hydrogen-bond acceptors (Lipinski definition) is 3. The molecule has 1 fully saturated rings. The Hall–Kier alpha value is -0.570. The maximum absolute atomic E-state index is 11.2. The monoisotopic (exact) mass is 199 g/mol. The van der Waals surface area contributed by atoms with Gasteiger partial charge in [0.2, 0.25) is 0 Å². The fourth-order valence-corrected chi connectivity index (χ4v) is 2.14. The van der Waals surface area contributed by atoms with Gasteiger partial charge in [0.25, 0.3) is 0 Å². The van der Waals surface area contributed by atoms with Crippen molar-refractivity contribution in [2.75, 3.05) is 6.61 Å². The summed E-state index contributed by atoms with van der Waals surface area (Å²) in [5, 5.41) is 0. The van der Waals surface area contributed by atoms with Crippen molar-refractivity contribution in [2.24, 2.45) is 11.7 Å². The van der Waals surface area contributed by atoms with Crippen molar-refractivity contribution >= 4 is 5.97 Å². The highest BCUT2D eigenvalue weighted by atomic mass is 16.5. The number of nitrogens with two attached hydrogens (primary N) is 1. The van der Waals surface area contributed by atoms with E-state index in [-0.39, 0.29) is 12.0 Å². The van der Waals surface area contributed by atoms with Gasteiger partial charge in [-0.2, -0.15) is 0 Å². The van der Waals surface area contributed by atoms with Crippen LogP contribution in [0, 0.1) is 5.92 Å².